The Kier molecular flexibility index (Phi) is 4.59. The van der Waals surface area contributed by atoms with Crippen molar-refractivity contribution in [3.63, 3.8) is 0 Å². The molecule has 2 unspecified atom stereocenters. The summed E-state index contributed by atoms with van der Waals surface area (Å²) in [6.07, 6.45) is 2.79. The molecule has 0 aliphatic carbocycles. The minimum Gasteiger partial charge on any atom is -0.468 e. The van der Waals surface area contributed by atoms with Gasteiger partial charge in [-0.25, -0.2) is 0 Å². The van der Waals surface area contributed by atoms with Gasteiger partial charge in [-0.15, -0.1) is 0 Å². The van der Waals surface area contributed by atoms with Crippen molar-refractivity contribution in [2.45, 2.75) is 38.4 Å². The van der Waals surface area contributed by atoms with E-state index in [1.807, 2.05) is 12.1 Å². The fourth-order valence-corrected chi connectivity index (χ4v) is 2.31. The number of furan rings is 1. The third-order valence-electron chi connectivity index (χ3n) is 3.14. The number of ether oxygens (including phenoxy) is 1. The van der Waals surface area contributed by atoms with Crippen LogP contribution in [0.15, 0.2) is 22.8 Å². The monoisotopic (exact) mass is 238 g/mol. The smallest absolute Gasteiger partial charge is 0.120 e. The lowest BCUT2D eigenvalue weighted by molar-refractivity contribution is 0.0707. The maximum absolute atomic E-state index is 5.45. The minimum absolute atomic E-state index is 0.254. The maximum Gasteiger partial charge on any atom is 0.120 e. The van der Waals surface area contributed by atoms with Gasteiger partial charge in [-0.2, -0.15) is 0 Å². The second-order valence-electron chi connectivity index (χ2n) is 4.77. The van der Waals surface area contributed by atoms with Crippen LogP contribution in [0.5, 0.6) is 0 Å². The van der Waals surface area contributed by atoms with Crippen LogP contribution in [0.25, 0.3) is 0 Å². The van der Waals surface area contributed by atoms with Gasteiger partial charge in [0.2, 0.25) is 0 Å². The van der Waals surface area contributed by atoms with Crippen LogP contribution in [-0.4, -0.2) is 31.8 Å². The summed E-state index contributed by atoms with van der Waals surface area (Å²) in [5.74, 6) is 0.990. The summed E-state index contributed by atoms with van der Waals surface area (Å²) in [4.78, 5) is 0. The lowest BCUT2D eigenvalue weighted by atomic mass is 10.1. The molecule has 4 heteroatoms. The summed E-state index contributed by atoms with van der Waals surface area (Å²) in [7, 11) is 0. The zero-order valence-corrected chi connectivity index (χ0v) is 10.6. The molecule has 0 bridgehead atoms. The standard InChI is InChI=1S/C13H22N2O2/c1-10(8-12-9-16-7-5-14-12)15-11(2)13-4-3-6-17-13/h3-4,6,10-12,14-15H,5,7-9H2,1-2H3/t10?,11-,12?/m1/s1. The van der Waals surface area contributed by atoms with E-state index in [1.165, 1.54) is 0 Å². The summed E-state index contributed by atoms with van der Waals surface area (Å²) in [6, 6.07) is 5.09. The minimum atomic E-state index is 0.254. The van der Waals surface area contributed by atoms with Gasteiger partial charge in [0.25, 0.3) is 0 Å². The molecule has 1 aromatic rings. The van der Waals surface area contributed by atoms with Crippen molar-refractivity contribution in [2.75, 3.05) is 19.8 Å². The Morgan fingerprint density at radius 1 is 1.53 bits per heavy atom. The molecule has 2 N–H and O–H groups in total. The summed E-state index contributed by atoms with van der Waals surface area (Å²) >= 11 is 0. The molecule has 3 atom stereocenters. The Balaban J connectivity index is 1.74. The molecular weight excluding hydrogens is 216 g/mol. The van der Waals surface area contributed by atoms with E-state index in [2.05, 4.69) is 24.5 Å². The molecule has 96 valence electrons. The van der Waals surface area contributed by atoms with Crippen LogP contribution in [0.3, 0.4) is 0 Å². The molecule has 0 spiro atoms. The van der Waals surface area contributed by atoms with E-state index in [9.17, 15) is 0 Å². The highest BCUT2D eigenvalue weighted by atomic mass is 16.5. The largest absolute Gasteiger partial charge is 0.468 e. The van der Waals surface area contributed by atoms with E-state index in [0.29, 0.717) is 12.1 Å². The first-order chi connectivity index (χ1) is 8.25. The Morgan fingerprint density at radius 2 is 2.41 bits per heavy atom. The molecule has 1 fully saturated rings. The Morgan fingerprint density at radius 3 is 3.06 bits per heavy atom. The second-order valence-corrected chi connectivity index (χ2v) is 4.77. The van der Waals surface area contributed by atoms with Crippen molar-refractivity contribution in [3.8, 4) is 0 Å². The van der Waals surface area contributed by atoms with Crippen LogP contribution in [0.4, 0.5) is 0 Å². The number of morpholine rings is 1. The van der Waals surface area contributed by atoms with Crippen molar-refractivity contribution in [3.05, 3.63) is 24.2 Å². The average Bonchev–Trinajstić information content (AvgIpc) is 2.83. The first kappa shape index (κ1) is 12.6. The van der Waals surface area contributed by atoms with Crippen LogP contribution in [0.2, 0.25) is 0 Å². The highest BCUT2D eigenvalue weighted by Gasteiger charge is 2.18. The van der Waals surface area contributed by atoms with Crippen molar-refractivity contribution in [1.29, 1.82) is 0 Å². The first-order valence-electron chi connectivity index (χ1n) is 6.36. The van der Waals surface area contributed by atoms with Gasteiger partial charge < -0.3 is 19.8 Å². The molecule has 17 heavy (non-hydrogen) atoms. The zero-order valence-electron chi connectivity index (χ0n) is 10.6. The molecule has 0 amide bonds. The number of rotatable bonds is 5. The van der Waals surface area contributed by atoms with E-state index in [4.69, 9.17) is 9.15 Å². The van der Waals surface area contributed by atoms with Crippen LogP contribution < -0.4 is 10.6 Å². The quantitative estimate of drug-likeness (QED) is 0.819. The van der Waals surface area contributed by atoms with Crippen molar-refractivity contribution < 1.29 is 9.15 Å². The van der Waals surface area contributed by atoms with Gasteiger partial charge in [0.05, 0.1) is 25.5 Å². The Bertz CT molecular complexity index is 307. The van der Waals surface area contributed by atoms with Crippen LogP contribution >= 0.6 is 0 Å². The van der Waals surface area contributed by atoms with Gasteiger partial charge in [-0.3, -0.25) is 0 Å². The van der Waals surface area contributed by atoms with Crippen molar-refractivity contribution >= 4 is 0 Å². The highest BCUT2D eigenvalue weighted by Crippen LogP contribution is 2.14. The van der Waals surface area contributed by atoms with Gasteiger partial charge in [0, 0.05) is 18.6 Å². The molecule has 2 heterocycles. The SMILES string of the molecule is CC(CC1COCCN1)N[C@H](C)c1ccco1. The fraction of sp³-hybridized carbons (Fsp3) is 0.692. The molecule has 0 radical (unpaired) electrons. The molecular formula is C13H22N2O2. The molecule has 1 saturated heterocycles. The van der Waals surface area contributed by atoms with Gasteiger partial charge in [-0.05, 0) is 32.4 Å². The van der Waals surface area contributed by atoms with Crippen LogP contribution in [-0.2, 0) is 4.74 Å². The number of hydrogen-bond acceptors (Lipinski definition) is 4. The van der Waals surface area contributed by atoms with Gasteiger partial charge in [-0.1, -0.05) is 0 Å². The Hall–Kier alpha value is -0.840. The maximum atomic E-state index is 5.45. The van der Waals surface area contributed by atoms with E-state index in [1.54, 1.807) is 6.26 Å². The van der Waals surface area contributed by atoms with Crippen molar-refractivity contribution in [1.82, 2.24) is 10.6 Å². The normalized spacial score (nSPS) is 24.5. The predicted molar refractivity (Wildman–Crippen MR) is 66.9 cm³/mol. The molecule has 2 rings (SSSR count). The van der Waals surface area contributed by atoms with Gasteiger partial charge in [0.1, 0.15) is 5.76 Å². The van der Waals surface area contributed by atoms with Gasteiger partial charge in [0.15, 0.2) is 0 Å². The molecule has 1 aliphatic heterocycles. The van der Waals surface area contributed by atoms with Crippen LogP contribution in [0.1, 0.15) is 32.1 Å². The zero-order chi connectivity index (χ0) is 12.1. The van der Waals surface area contributed by atoms with E-state index in [-0.39, 0.29) is 6.04 Å². The average molecular weight is 238 g/mol. The fourth-order valence-electron chi connectivity index (χ4n) is 2.31. The third kappa shape index (κ3) is 3.84. The van der Waals surface area contributed by atoms with Crippen molar-refractivity contribution in [2.24, 2.45) is 0 Å². The molecule has 1 aliphatic rings. The molecule has 1 aromatic heterocycles. The predicted octanol–water partition coefficient (Wildman–Crippen LogP) is 1.70. The Labute approximate surface area is 103 Å². The summed E-state index contributed by atoms with van der Waals surface area (Å²) in [5, 5.41) is 7.01. The highest BCUT2D eigenvalue weighted by molar-refractivity contribution is 5.03. The summed E-state index contributed by atoms with van der Waals surface area (Å²) in [5.41, 5.74) is 0. The van der Waals surface area contributed by atoms with Gasteiger partial charge >= 0.3 is 0 Å². The number of hydrogen-bond donors (Lipinski definition) is 2. The summed E-state index contributed by atoms with van der Waals surface area (Å²) in [6.45, 7) is 6.95. The van der Waals surface area contributed by atoms with E-state index >= 15 is 0 Å². The molecule has 4 nitrogen and oxygen atoms in total. The van der Waals surface area contributed by atoms with E-state index in [0.717, 1.165) is 31.9 Å². The molecule has 0 aromatic carbocycles. The molecule has 0 saturated carbocycles. The van der Waals surface area contributed by atoms with Crippen LogP contribution in [0, 0.1) is 0 Å². The first-order valence-corrected chi connectivity index (χ1v) is 6.36. The lowest BCUT2D eigenvalue weighted by Crippen LogP contribution is -2.45. The third-order valence-corrected chi connectivity index (χ3v) is 3.14. The topological polar surface area (TPSA) is 46.4 Å². The second kappa shape index (κ2) is 6.19. The summed E-state index contributed by atoms with van der Waals surface area (Å²) < 4.78 is 10.8. The lowest BCUT2D eigenvalue weighted by Gasteiger charge is -2.27. The van der Waals surface area contributed by atoms with E-state index < -0.39 is 0 Å². The number of nitrogens with one attached hydrogen (secondary N) is 2.